The van der Waals surface area contributed by atoms with E-state index in [1.165, 1.54) is 6.21 Å². The van der Waals surface area contributed by atoms with E-state index in [4.69, 9.17) is 0 Å². The molecular weight excluding hydrogens is 308 g/mol. The van der Waals surface area contributed by atoms with E-state index in [0.29, 0.717) is 12.2 Å². The first-order valence-electron chi connectivity index (χ1n) is 7.80. The number of carbonyl (C=O) groups excluding carboxylic acids is 3. The Balaban J connectivity index is 2.10. The van der Waals surface area contributed by atoms with Gasteiger partial charge in [0.15, 0.2) is 5.92 Å². The highest BCUT2D eigenvalue weighted by molar-refractivity contribution is 6.32. The summed E-state index contributed by atoms with van der Waals surface area (Å²) < 4.78 is 0. The van der Waals surface area contributed by atoms with Crippen LogP contribution < -0.4 is 10.2 Å². The maximum Gasteiger partial charge on any atom is 0.335 e. The van der Waals surface area contributed by atoms with Gasteiger partial charge in [-0.05, 0) is 46.1 Å². The second kappa shape index (κ2) is 7.83. The summed E-state index contributed by atoms with van der Waals surface area (Å²) in [6, 6.07) is 6.22. The first-order valence-corrected chi connectivity index (χ1v) is 7.80. The van der Waals surface area contributed by atoms with Gasteiger partial charge in [0.05, 0.1) is 5.69 Å². The lowest BCUT2D eigenvalue weighted by Crippen LogP contribution is -2.58. The second-order valence-electron chi connectivity index (χ2n) is 5.99. The average Bonchev–Trinajstić information content (AvgIpc) is 2.51. The van der Waals surface area contributed by atoms with E-state index in [2.05, 4.69) is 10.3 Å². The van der Waals surface area contributed by atoms with E-state index in [-0.39, 0.29) is 0 Å². The number of anilines is 1. The molecule has 128 valence electrons. The van der Waals surface area contributed by atoms with E-state index in [9.17, 15) is 14.4 Å². The first kappa shape index (κ1) is 17.8. The standard InChI is InChI=1S/C17H22N4O3/c1-12-5-7-13(8-6-12)21-16(23)14(15(22)19-17(21)24)11-18-9-4-10-20(2)3/h5-8,11,14H,4,9-10H2,1-3H3,(H,19,22,24)/t14-/m1/s1. The van der Waals surface area contributed by atoms with Gasteiger partial charge < -0.3 is 4.90 Å². The van der Waals surface area contributed by atoms with E-state index >= 15 is 0 Å². The molecular formula is C17H22N4O3. The van der Waals surface area contributed by atoms with Gasteiger partial charge in [0.2, 0.25) is 5.91 Å². The van der Waals surface area contributed by atoms with Crippen molar-refractivity contribution in [3.05, 3.63) is 29.8 Å². The molecule has 1 aliphatic rings. The summed E-state index contributed by atoms with van der Waals surface area (Å²) in [7, 11) is 3.93. The molecule has 1 heterocycles. The Hall–Kier alpha value is -2.54. The first-order chi connectivity index (χ1) is 11.4. The van der Waals surface area contributed by atoms with Crippen LogP contribution >= 0.6 is 0 Å². The molecule has 1 saturated heterocycles. The molecule has 4 amide bonds. The highest BCUT2D eigenvalue weighted by atomic mass is 16.2. The van der Waals surface area contributed by atoms with Gasteiger partial charge in [-0.25, -0.2) is 9.69 Å². The van der Waals surface area contributed by atoms with Gasteiger partial charge in [0.1, 0.15) is 0 Å². The molecule has 1 N–H and O–H groups in total. The number of carbonyl (C=O) groups is 3. The number of nitrogens with one attached hydrogen (secondary N) is 1. The zero-order chi connectivity index (χ0) is 17.7. The number of aryl methyl sites for hydroxylation is 1. The SMILES string of the molecule is Cc1ccc(N2C(=O)NC(=O)[C@@H](C=NCCCN(C)C)C2=O)cc1. The smallest absolute Gasteiger partial charge is 0.309 e. The number of urea groups is 1. The van der Waals surface area contributed by atoms with Crippen LogP contribution in [0.1, 0.15) is 12.0 Å². The third-order valence-corrected chi connectivity index (χ3v) is 3.64. The molecule has 0 unspecified atom stereocenters. The number of amides is 4. The fraction of sp³-hybridized carbons (Fsp3) is 0.412. The zero-order valence-electron chi connectivity index (χ0n) is 14.2. The largest absolute Gasteiger partial charge is 0.335 e. The normalized spacial score (nSPS) is 18.6. The average molecular weight is 330 g/mol. The molecule has 2 rings (SSSR count). The molecule has 0 aliphatic carbocycles. The lowest BCUT2D eigenvalue weighted by atomic mass is 10.1. The Morgan fingerprint density at radius 1 is 1.21 bits per heavy atom. The molecule has 24 heavy (non-hydrogen) atoms. The fourth-order valence-electron chi connectivity index (χ4n) is 2.32. The summed E-state index contributed by atoms with van der Waals surface area (Å²) in [5, 5.41) is 2.21. The van der Waals surface area contributed by atoms with Crippen LogP contribution in [0.5, 0.6) is 0 Å². The van der Waals surface area contributed by atoms with Gasteiger partial charge in [-0.2, -0.15) is 0 Å². The number of rotatable bonds is 6. The van der Waals surface area contributed by atoms with Crippen LogP contribution in [0.3, 0.4) is 0 Å². The number of hydrogen-bond acceptors (Lipinski definition) is 5. The molecule has 0 bridgehead atoms. The predicted octanol–water partition coefficient (Wildman–Crippen LogP) is 1.22. The maximum absolute atomic E-state index is 12.5. The van der Waals surface area contributed by atoms with Crippen LogP contribution in [-0.4, -0.2) is 56.1 Å². The van der Waals surface area contributed by atoms with E-state index in [0.717, 1.165) is 23.4 Å². The van der Waals surface area contributed by atoms with Crippen molar-refractivity contribution in [2.75, 3.05) is 32.1 Å². The Labute approximate surface area is 141 Å². The molecule has 1 aliphatic heterocycles. The molecule has 1 atom stereocenters. The number of imide groups is 2. The number of barbiturate groups is 1. The highest BCUT2D eigenvalue weighted by Crippen LogP contribution is 2.20. The summed E-state index contributed by atoms with van der Waals surface area (Å²) in [4.78, 5) is 43.7. The van der Waals surface area contributed by atoms with Crippen LogP contribution in [0.4, 0.5) is 10.5 Å². The third kappa shape index (κ3) is 4.26. The monoisotopic (exact) mass is 330 g/mol. The number of hydrogen-bond donors (Lipinski definition) is 1. The lowest BCUT2D eigenvalue weighted by molar-refractivity contribution is -0.131. The second-order valence-corrected chi connectivity index (χ2v) is 5.99. The molecule has 0 spiro atoms. The van der Waals surface area contributed by atoms with Crippen molar-refractivity contribution in [1.29, 1.82) is 0 Å². The van der Waals surface area contributed by atoms with E-state index < -0.39 is 23.8 Å². The molecule has 0 saturated carbocycles. The minimum atomic E-state index is -1.08. The third-order valence-electron chi connectivity index (χ3n) is 3.64. The quantitative estimate of drug-likeness (QED) is 0.483. The topological polar surface area (TPSA) is 82.1 Å². The lowest BCUT2D eigenvalue weighted by Gasteiger charge is -2.28. The minimum absolute atomic E-state index is 0.432. The molecule has 1 fully saturated rings. The van der Waals surface area contributed by atoms with Crippen molar-refractivity contribution in [3.8, 4) is 0 Å². The van der Waals surface area contributed by atoms with Crippen LogP contribution in [0, 0.1) is 12.8 Å². The Morgan fingerprint density at radius 2 is 1.88 bits per heavy atom. The van der Waals surface area contributed by atoms with Crippen molar-refractivity contribution < 1.29 is 14.4 Å². The molecule has 1 aromatic rings. The number of aliphatic imine (C=N–C) groups is 1. The van der Waals surface area contributed by atoms with Crippen molar-refractivity contribution in [3.63, 3.8) is 0 Å². The molecule has 0 aromatic heterocycles. The van der Waals surface area contributed by atoms with Crippen molar-refractivity contribution in [2.24, 2.45) is 10.9 Å². The molecule has 7 heteroatoms. The fourth-order valence-corrected chi connectivity index (χ4v) is 2.32. The Morgan fingerprint density at radius 3 is 2.50 bits per heavy atom. The van der Waals surface area contributed by atoms with Crippen molar-refractivity contribution in [2.45, 2.75) is 13.3 Å². The van der Waals surface area contributed by atoms with Gasteiger partial charge in [0.25, 0.3) is 5.91 Å². The van der Waals surface area contributed by atoms with Crippen LogP contribution in [-0.2, 0) is 9.59 Å². The molecule has 7 nitrogen and oxygen atoms in total. The van der Waals surface area contributed by atoms with Crippen molar-refractivity contribution >= 4 is 29.7 Å². The summed E-state index contributed by atoms with van der Waals surface area (Å²) >= 11 is 0. The van der Waals surface area contributed by atoms with Crippen LogP contribution in [0.2, 0.25) is 0 Å². The summed E-state index contributed by atoms with van der Waals surface area (Å²) in [5.74, 6) is -2.29. The minimum Gasteiger partial charge on any atom is -0.309 e. The van der Waals surface area contributed by atoms with Gasteiger partial charge in [-0.15, -0.1) is 0 Å². The predicted molar refractivity (Wildman–Crippen MR) is 92.2 cm³/mol. The van der Waals surface area contributed by atoms with Crippen LogP contribution in [0.15, 0.2) is 29.3 Å². The van der Waals surface area contributed by atoms with Gasteiger partial charge >= 0.3 is 6.03 Å². The van der Waals surface area contributed by atoms with Gasteiger partial charge in [-0.3, -0.25) is 19.9 Å². The van der Waals surface area contributed by atoms with Crippen LogP contribution in [0.25, 0.3) is 0 Å². The Bertz CT molecular complexity index is 652. The van der Waals surface area contributed by atoms with E-state index in [1.807, 2.05) is 25.9 Å². The maximum atomic E-state index is 12.5. The van der Waals surface area contributed by atoms with Gasteiger partial charge in [0, 0.05) is 12.8 Å². The zero-order valence-corrected chi connectivity index (χ0v) is 14.2. The highest BCUT2D eigenvalue weighted by Gasteiger charge is 2.40. The molecule has 0 radical (unpaired) electrons. The summed E-state index contributed by atoms with van der Waals surface area (Å²) in [6.45, 7) is 3.30. The summed E-state index contributed by atoms with van der Waals surface area (Å²) in [5.41, 5.74) is 1.44. The summed E-state index contributed by atoms with van der Waals surface area (Å²) in [6.07, 6.45) is 2.16. The number of benzene rings is 1. The number of nitrogens with zero attached hydrogens (tertiary/aromatic N) is 3. The van der Waals surface area contributed by atoms with Crippen molar-refractivity contribution in [1.82, 2.24) is 10.2 Å². The van der Waals surface area contributed by atoms with Gasteiger partial charge in [-0.1, -0.05) is 17.7 Å². The Kier molecular flexibility index (Phi) is 5.81. The molecule has 1 aromatic carbocycles. The van der Waals surface area contributed by atoms with E-state index in [1.54, 1.807) is 24.3 Å².